The van der Waals surface area contributed by atoms with E-state index in [0.717, 1.165) is 12.8 Å². The number of carbonyl (C=O) groups is 1. The predicted octanol–water partition coefficient (Wildman–Crippen LogP) is 2.39. The van der Waals surface area contributed by atoms with Crippen molar-refractivity contribution in [1.29, 1.82) is 0 Å². The number of aromatic nitrogens is 2. The molecule has 5 heteroatoms. The van der Waals surface area contributed by atoms with Crippen molar-refractivity contribution in [3.8, 4) is 0 Å². The van der Waals surface area contributed by atoms with Crippen LogP contribution in [0.1, 0.15) is 62.3 Å². The van der Waals surface area contributed by atoms with E-state index in [4.69, 9.17) is 9.26 Å². The quantitative estimate of drug-likeness (QED) is 0.820. The number of hydrogen-bond donors (Lipinski definition) is 0. The van der Waals surface area contributed by atoms with Crippen LogP contribution in [0.4, 0.5) is 0 Å². The summed E-state index contributed by atoms with van der Waals surface area (Å²) in [5, 5.41) is 4.05. The summed E-state index contributed by atoms with van der Waals surface area (Å²) in [6.07, 6.45) is 5.29. The summed E-state index contributed by atoms with van der Waals surface area (Å²) < 4.78 is 10.8. The molecule has 2 aliphatic carbocycles. The molecule has 1 heterocycles. The average molecular weight is 250 g/mol. The molecule has 0 bridgehead atoms. The molecule has 0 aromatic carbocycles. The van der Waals surface area contributed by atoms with Gasteiger partial charge in [-0.05, 0) is 31.6 Å². The number of rotatable bonds is 4. The highest BCUT2D eigenvalue weighted by molar-refractivity contribution is 5.79. The summed E-state index contributed by atoms with van der Waals surface area (Å²) >= 11 is 0. The molecular weight excluding hydrogens is 232 g/mol. The maximum absolute atomic E-state index is 11.2. The van der Waals surface area contributed by atoms with E-state index in [1.54, 1.807) is 7.11 Å². The fraction of sp³-hybridized carbons (Fsp3) is 0.769. The van der Waals surface area contributed by atoms with E-state index in [1.807, 2.05) is 0 Å². The van der Waals surface area contributed by atoms with Crippen LogP contribution in [0.5, 0.6) is 0 Å². The summed E-state index contributed by atoms with van der Waals surface area (Å²) in [5.74, 6) is 2.50. The first-order valence-corrected chi connectivity index (χ1v) is 6.66. The monoisotopic (exact) mass is 250 g/mol. The van der Waals surface area contributed by atoms with Crippen molar-refractivity contribution in [2.24, 2.45) is 5.92 Å². The van der Waals surface area contributed by atoms with E-state index in [0.29, 0.717) is 36.3 Å². The van der Waals surface area contributed by atoms with Gasteiger partial charge in [0.25, 0.3) is 0 Å². The van der Waals surface area contributed by atoms with Crippen LogP contribution in [0.3, 0.4) is 0 Å². The van der Waals surface area contributed by atoms with E-state index >= 15 is 0 Å². The predicted molar refractivity (Wildman–Crippen MR) is 63.0 cm³/mol. The van der Waals surface area contributed by atoms with Gasteiger partial charge in [-0.25, -0.2) is 0 Å². The largest absolute Gasteiger partial charge is 0.373 e. The molecule has 1 aromatic rings. The third-order valence-electron chi connectivity index (χ3n) is 3.91. The molecule has 1 unspecified atom stereocenters. The van der Waals surface area contributed by atoms with Crippen LogP contribution < -0.4 is 0 Å². The zero-order valence-corrected chi connectivity index (χ0v) is 10.6. The van der Waals surface area contributed by atoms with Gasteiger partial charge >= 0.3 is 0 Å². The highest BCUT2D eigenvalue weighted by Gasteiger charge is 2.36. The minimum atomic E-state index is -0.0206. The van der Waals surface area contributed by atoms with Gasteiger partial charge in [0.1, 0.15) is 11.9 Å². The van der Waals surface area contributed by atoms with Gasteiger partial charge in [-0.15, -0.1) is 0 Å². The molecule has 0 radical (unpaired) electrons. The number of Topliss-reactive ketones (excluding diaryl/α,β-unsaturated/α-hetero) is 1. The molecule has 2 aliphatic rings. The molecule has 0 N–H and O–H groups in total. The number of hydrogen-bond acceptors (Lipinski definition) is 5. The van der Waals surface area contributed by atoms with Gasteiger partial charge in [-0.1, -0.05) is 5.16 Å². The molecule has 18 heavy (non-hydrogen) atoms. The lowest BCUT2D eigenvalue weighted by Gasteiger charge is -2.16. The molecule has 2 saturated carbocycles. The highest BCUT2D eigenvalue weighted by Crippen LogP contribution is 2.42. The Kier molecular flexibility index (Phi) is 3.16. The van der Waals surface area contributed by atoms with Crippen LogP contribution in [-0.4, -0.2) is 23.0 Å². The molecule has 0 spiro atoms. The number of nitrogens with zero attached hydrogens (tertiary/aromatic N) is 2. The van der Waals surface area contributed by atoms with Crippen LogP contribution in [0.15, 0.2) is 4.52 Å². The van der Waals surface area contributed by atoms with E-state index in [1.165, 1.54) is 12.8 Å². The van der Waals surface area contributed by atoms with Gasteiger partial charge < -0.3 is 9.26 Å². The molecule has 0 amide bonds. The summed E-state index contributed by atoms with van der Waals surface area (Å²) in [4.78, 5) is 15.7. The average Bonchev–Trinajstić information content (AvgIpc) is 3.09. The van der Waals surface area contributed by atoms with E-state index in [9.17, 15) is 4.79 Å². The summed E-state index contributed by atoms with van der Waals surface area (Å²) in [5.41, 5.74) is 0. The minimum absolute atomic E-state index is 0.0206. The first kappa shape index (κ1) is 11.8. The van der Waals surface area contributed by atoms with Gasteiger partial charge in [0.05, 0.1) is 0 Å². The highest BCUT2D eigenvalue weighted by atomic mass is 16.5. The first-order chi connectivity index (χ1) is 8.78. The fourth-order valence-electron chi connectivity index (χ4n) is 2.62. The fourth-order valence-corrected chi connectivity index (χ4v) is 2.62. The van der Waals surface area contributed by atoms with Gasteiger partial charge in [0.15, 0.2) is 0 Å². The molecular formula is C13H18N2O3. The summed E-state index contributed by atoms with van der Waals surface area (Å²) in [6, 6.07) is 0. The number of carbonyl (C=O) groups excluding carboxylic acids is 1. The Morgan fingerprint density at radius 1 is 1.28 bits per heavy atom. The van der Waals surface area contributed by atoms with Crippen molar-refractivity contribution in [3.63, 3.8) is 0 Å². The maximum Gasteiger partial charge on any atom is 0.229 e. The van der Waals surface area contributed by atoms with Crippen molar-refractivity contribution in [1.82, 2.24) is 10.1 Å². The zero-order chi connectivity index (χ0) is 12.5. The first-order valence-electron chi connectivity index (χ1n) is 6.66. The second kappa shape index (κ2) is 4.80. The standard InChI is InChI=1S/C13H18N2O3/c1-17-11(8-2-3-8)12-14-13(18-15-12)9-4-6-10(16)7-5-9/h8-9,11H,2-7H2,1H3. The zero-order valence-electron chi connectivity index (χ0n) is 10.6. The van der Waals surface area contributed by atoms with Crippen molar-refractivity contribution >= 4 is 5.78 Å². The lowest BCUT2D eigenvalue weighted by molar-refractivity contribution is -0.120. The SMILES string of the molecule is COC(c1noc(C2CCC(=O)CC2)n1)C1CC1. The van der Waals surface area contributed by atoms with Crippen LogP contribution in [-0.2, 0) is 9.53 Å². The third-order valence-corrected chi connectivity index (χ3v) is 3.91. The molecule has 1 atom stereocenters. The molecule has 0 aliphatic heterocycles. The lowest BCUT2D eigenvalue weighted by atomic mass is 9.88. The van der Waals surface area contributed by atoms with Crippen LogP contribution in [0.25, 0.3) is 0 Å². The normalized spacial score (nSPS) is 23.3. The molecule has 98 valence electrons. The van der Waals surface area contributed by atoms with Crippen LogP contribution in [0, 0.1) is 5.92 Å². The number of ether oxygens (including phenoxy) is 1. The Balaban J connectivity index is 1.70. The van der Waals surface area contributed by atoms with Gasteiger partial charge in [-0.2, -0.15) is 4.98 Å². The molecule has 1 aromatic heterocycles. The third kappa shape index (κ3) is 2.32. The Morgan fingerprint density at radius 2 is 2.00 bits per heavy atom. The van der Waals surface area contributed by atoms with Gasteiger partial charge in [-0.3, -0.25) is 4.79 Å². The van der Waals surface area contributed by atoms with Crippen molar-refractivity contribution in [3.05, 3.63) is 11.7 Å². The molecule has 0 saturated heterocycles. The maximum atomic E-state index is 11.2. The Hall–Kier alpha value is -1.23. The van der Waals surface area contributed by atoms with Crippen molar-refractivity contribution < 1.29 is 14.1 Å². The Labute approximate surface area is 106 Å². The number of methoxy groups -OCH3 is 1. The molecule has 2 fully saturated rings. The Morgan fingerprint density at radius 3 is 2.61 bits per heavy atom. The topological polar surface area (TPSA) is 65.2 Å². The van der Waals surface area contributed by atoms with Gasteiger partial charge in [0, 0.05) is 25.9 Å². The molecule has 3 rings (SSSR count). The summed E-state index contributed by atoms with van der Waals surface area (Å²) in [7, 11) is 1.69. The van der Waals surface area contributed by atoms with Gasteiger partial charge in [0.2, 0.25) is 11.7 Å². The van der Waals surface area contributed by atoms with Crippen molar-refractivity contribution in [2.75, 3.05) is 7.11 Å². The second-order valence-electron chi connectivity index (χ2n) is 5.30. The van der Waals surface area contributed by atoms with Crippen LogP contribution in [0.2, 0.25) is 0 Å². The Bertz CT molecular complexity index is 429. The lowest BCUT2D eigenvalue weighted by Crippen LogP contribution is -2.13. The molecule has 5 nitrogen and oxygen atoms in total. The van der Waals surface area contributed by atoms with Crippen molar-refractivity contribution in [2.45, 2.75) is 50.5 Å². The smallest absolute Gasteiger partial charge is 0.229 e. The number of ketones is 1. The van der Waals surface area contributed by atoms with E-state index < -0.39 is 0 Å². The second-order valence-corrected chi connectivity index (χ2v) is 5.30. The summed E-state index contributed by atoms with van der Waals surface area (Å²) in [6.45, 7) is 0. The van der Waals surface area contributed by atoms with E-state index in [2.05, 4.69) is 10.1 Å². The minimum Gasteiger partial charge on any atom is -0.373 e. The van der Waals surface area contributed by atoms with E-state index in [-0.39, 0.29) is 12.0 Å². The van der Waals surface area contributed by atoms with Crippen LogP contribution >= 0.6 is 0 Å².